The largest absolute Gasteiger partial charge is 0.480 e. The van der Waals surface area contributed by atoms with Gasteiger partial charge in [-0.15, -0.1) is 0 Å². The number of anilines is 3. The van der Waals surface area contributed by atoms with Crippen molar-refractivity contribution >= 4 is 39.9 Å². The van der Waals surface area contributed by atoms with Crippen LogP contribution in [0.4, 0.5) is 22.6 Å². The van der Waals surface area contributed by atoms with Crippen molar-refractivity contribution in [3.8, 4) is 5.75 Å². The van der Waals surface area contributed by atoms with Gasteiger partial charge in [-0.1, -0.05) is 49.1 Å². The number of carboxylic acids is 1. The third kappa shape index (κ3) is 8.50. The molecule has 14 nitrogen and oxygen atoms in total. The maximum atomic E-state index is 13.6. The fraction of sp³-hybridized carbons (Fsp3) is 0.485. The third-order valence-electron chi connectivity index (χ3n) is 8.80. The summed E-state index contributed by atoms with van der Waals surface area (Å²) < 4.78 is 33.5. The summed E-state index contributed by atoms with van der Waals surface area (Å²) in [5, 5.41) is 13.1. The number of ether oxygens (including phenoxy) is 1. The van der Waals surface area contributed by atoms with Crippen LogP contribution in [-0.2, 0) is 21.2 Å². The van der Waals surface area contributed by atoms with E-state index in [4.69, 9.17) is 4.74 Å². The van der Waals surface area contributed by atoms with Crippen LogP contribution in [0.1, 0.15) is 43.2 Å². The molecule has 15 heteroatoms. The molecule has 5 rings (SSSR count). The van der Waals surface area contributed by atoms with Gasteiger partial charge in [0.15, 0.2) is 0 Å². The van der Waals surface area contributed by atoms with E-state index in [0.717, 1.165) is 23.0 Å². The molecule has 2 fully saturated rings. The molecule has 1 aromatic heterocycles. The fourth-order valence-electron chi connectivity index (χ4n) is 5.89. The Morgan fingerprint density at radius 1 is 0.938 bits per heavy atom. The monoisotopic (exact) mass is 680 g/mol. The molecule has 0 spiro atoms. The Bertz CT molecular complexity index is 1670. The lowest BCUT2D eigenvalue weighted by Gasteiger charge is -2.40. The molecule has 2 heterocycles. The van der Waals surface area contributed by atoms with E-state index in [1.165, 1.54) is 56.2 Å². The summed E-state index contributed by atoms with van der Waals surface area (Å²) in [6, 6.07) is 12.4. The molecule has 1 amide bonds. The summed E-state index contributed by atoms with van der Waals surface area (Å²) in [5.74, 6) is -0.740. The van der Waals surface area contributed by atoms with Gasteiger partial charge in [0.2, 0.25) is 17.8 Å². The molecule has 1 atom stereocenters. The van der Waals surface area contributed by atoms with Gasteiger partial charge in [0.1, 0.15) is 11.8 Å². The van der Waals surface area contributed by atoms with Crippen molar-refractivity contribution in [3.05, 3.63) is 59.7 Å². The van der Waals surface area contributed by atoms with E-state index in [1.54, 1.807) is 50.5 Å². The maximum Gasteiger partial charge on any atom is 0.414 e. The highest BCUT2D eigenvalue weighted by atomic mass is 32.2. The Balaban J connectivity index is 1.40. The Labute approximate surface area is 281 Å². The van der Waals surface area contributed by atoms with Crippen LogP contribution in [0.2, 0.25) is 0 Å². The number of carbonyl (C=O) groups excluding carboxylic acids is 1. The Morgan fingerprint density at radius 2 is 1.58 bits per heavy atom. The molecule has 1 saturated carbocycles. The van der Waals surface area contributed by atoms with Gasteiger partial charge in [0, 0.05) is 59.8 Å². The second-order valence-corrected chi connectivity index (χ2v) is 14.5. The molecular weight excluding hydrogens is 636 g/mol. The average Bonchev–Trinajstić information content (AvgIpc) is 3.09. The predicted molar refractivity (Wildman–Crippen MR) is 182 cm³/mol. The second kappa shape index (κ2) is 15.2. The first kappa shape index (κ1) is 34.8. The number of hydrogen-bond acceptors (Lipinski definition) is 11. The normalized spacial score (nSPS) is 16.6. The molecule has 1 aliphatic heterocycles. The number of amides is 1. The first-order valence-corrected chi connectivity index (χ1v) is 17.6. The van der Waals surface area contributed by atoms with Crippen LogP contribution in [0.25, 0.3) is 0 Å². The zero-order valence-electron chi connectivity index (χ0n) is 27.9. The molecule has 2 aromatic carbocycles. The van der Waals surface area contributed by atoms with Crippen LogP contribution in [0.3, 0.4) is 0 Å². The number of carbonyl (C=O) groups is 2. The van der Waals surface area contributed by atoms with Crippen LogP contribution < -0.4 is 19.3 Å². The van der Waals surface area contributed by atoms with Crippen LogP contribution >= 0.6 is 0 Å². The van der Waals surface area contributed by atoms with Gasteiger partial charge in [0.05, 0.1) is 4.90 Å². The fourth-order valence-corrected chi connectivity index (χ4v) is 6.98. The second-order valence-electron chi connectivity index (χ2n) is 12.5. The number of aliphatic carboxylic acids is 1. The van der Waals surface area contributed by atoms with Crippen LogP contribution in [-0.4, -0.2) is 110 Å². The molecule has 258 valence electrons. The number of benzene rings is 2. The summed E-state index contributed by atoms with van der Waals surface area (Å²) in [4.78, 5) is 43.8. The molecule has 2 aliphatic rings. The van der Waals surface area contributed by atoms with Crippen molar-refractivity contribution in [1.29, 1.82) is 0 Å². The van der Waals surface area contributed by atoms with Crippen molar-refractivity contribution in [3.63, 3.8) is 0 Å². The van der Waals surface area contributed by atoms with E-state index >= 15 is 0 Å². The molecule has 2 N–H and O–H groups in total. The number of carboxylic acid groups (broad SMARTS) is 1. The topological polar surface area (TPSA) is 161 Å². The summed E-state index contributed by atoms with van der Waals surface area (Å²) in [6.07, 6.45) is 5.70. The third-order valence-corrected chi connectivity index (χ3v) is 10.5. The molecular formula is C33H44N8O6S. The highest BCUT2D eigenvalue weighted by Crippen LogP contribution is 2.27. The lowest BCUT2D eigenvalue weighted by atomic mass is 9.94. The number of nitrogens with zero attached hydrogens (tertiary/aromatic N) is 7. The van der Waals surface area contributed by atoms with Gasteiger partial charge < -0.3 is 25.0 Å². The van der Waals surface area contributed by atoms with Crippen molar-refractivity contribution in [1.82, 2.24) is 24.8 Å². The van der Waals surface area contributed by atoms with E-state index in [-0.39, 0.29) is 29.2 Å². The minimum atomic E-state index is -4.04. The SMILES string of the molecule is Cc1ccc(S(=O)(=O)N(C)c2nc(N[C@@H](Cc3ccc(OC(=O)N(C)C)cc3)C(=O)O)nc(N3CCN(C4CCCCC4)CC3)n2)cc1. The standard InChI is InChI=1S/C33H44N8O6S/c1-23-10-16-27(17-11-23)48(45,46)39(4)31-35-30(36-32(37-31)41-20-18-40(19-21-41)25-8-6-5-7-9-25)34-28(29(42)43)22-24-12-14-26(15-13-24)47-33(44)38(2)3/h10-17,25,28H,5-9,18-22H2,1-4H3,(H,42,43)(H,34,35,36,37)/t28-/m0/s1. The van der Waals surface area contributed by atoms with Gasteiger partial charge in [0.25, 0.3) is 10.0 Å². The molecule has 0 bridgehead atoms. The predicted octanol–water partition coefficient (Wildman–Crippen LogP) is 3.63. The van der Waals surface area contributed by atoms with Gasteiger partial charge in [-0.2, -0.15) is 15.0 Å². The summed E-state index contributed by atoms with van der Waals surface area (Å²) in [6.45, 7) is 4.80. The van der Waals surface area contributed by atoms with E-state index in [2.05, 4.69) is 25.2 Å². The first-order valence-electron chi connectivity index (χ1n) is 16.2. The smallest absolute Gasteiger partial charge is 0.414 e. The molecule has 48 heavy (non-hydrogen) atoms. The van der Waals surface area contributed by atoms with Crippen molar-refractivity contribution in [2.75, 3.05) is 61.8 Å². The molecule has 1 saturated heterocycles. The van der Waals surface area contributed by atoms with Crippen molar-refractivity contribution in [2.24, 2.45) is 0 Å². The number of hydrogen-bond donors (Lipinski definition) is 2. The van der Waals surface area contributed by atoms with Gasteiger partial charge in [-0.3, -0.25) is 4.90 Å². The van der Waals surface area contributed by atoms with Crippen molar-refractivity contribution in [2.45, 2.75) is 62.4 Å². The van der Waals surface area contributed by atoms with E-state index in [1.807, 2.05) is 11.8 Å². The van der Waals surface area contributed by atoms with E-state index < -0.39 is 28.1 Å². The van der Waals surface area contributed by atoms with E-state index in [9.17, 15) is 23.1 Å². The number of aryl methyl sites for hydroxylation is 1. The quantitative estimate of drug-likeness (QED) is 0.303. The number of sulfonamides is 1. The molecule has 0 radical (unpaired) electrons. The van der Waals surface area contributed by atoms with Crippen LogP contribution in [0.15, 0.2) is 53.4 Å². The first-order chi connectivity index (χ1) is 22.9. The minimum absolute atomic E-state index is 0.0468. The maximum absolute atomic E-state index is 13.6. The zero-order chi connectivity index (χ0) is 34.4. The van der Waals surface area contributed by atoms with Crippen LogP contribution in [0.5, 0.6) is 5.75 Å². The summed E-state index contributed by atoms with van der Waals surface area (Å²) in [7, 11) is 0.485. The average molecular weight is 681 g/mol. The molecule has 3 aromatic rings. The molecule has 1 aliphatic carbocycles. The molecule has 0 unspecified atom stereocenters. The number of aromatic nitrogens is 3. The minimum Gasteiger partial charge on any atom is -0.480 e. The number of nitrogens with one attached hydrogen (secondary N) is 1. The Hall–Kier alpha value is -4.50. The van der Waals surface area contributed by atoms with E-state index in [0.29, 0.717) is 30.4 Å². The number of piperazine rings is 1. The highest BCUT2D eigenvalue weighted by molar-refractivity contribution is 7.92. The van der Waals surface area contributed by atoms with Gasteiger partial charge >= 0.3 is 12.1 Å². The van der Waals surface area contributed by atoms with Gasteiger partial charge in [-0.05, 0) is 49.6 Å². The highest BCUT2D eigenvalue weighted by Gasteiger charge is 2.30. The lowest BCUT2D eigenvalue weighted by Crippen LogP contribution is -2.51. The number of rotatable bonds is 11. The van der Waals surface area contributed by atoms with Gasteiger partial charge in [-0.25, -0.2) is 22.3 Å². The zero-order valence-corrected chi connectivity index (χ0v) is 28.7. The summed E-state index contributed by atoms with van der Waals surface area (Å²) >= 11 is 0. The Morgan fingerprint density at radius 3 is 2.19 bits per heavy atom. The van der Waals surface area contributed by atoms with Crippen molar-refractivity contribution < 1.29 is 27.9 Å². The summed E-state index contributed by atoms with van der Waals surface area (Å²) in [5.41, 5.74) is 1.58. The Kier molecular flexibility index (Phi) is 11.0. The lowest BCUT2D eigenvalue weighted by molar-refractivity contribution is -0.137. The van der Waals surface area contributed by atoms with Crippen LogP contribution in [0, 0.1) is 6.92 Å².